The fourth-order valence-electron chi connectivity index (χ4n) is 3.04. The second kappa shape index (κ2) is 6.31. The SMILES string of the molecule is CCCNC1CCN(c2ccc3ncccc3c2[O])CC1. The molecule has 0 atom stereocenters. The van der Waals surface area contributed by atoms with Crippen molar-refractivity contribution in [1.82, 2.24) is 10.3 Å². The first-order chi connectivity index (χ1) is 10.3. The van der Waals surface area contributed by atoms with Crippen LogP contribution < -0.4 is 10.2 Å². The summed E-state index contributed by atoms with van der Waals surface area (Å²) in [6.45, 7) is 5.17. The van der Waals surface area contributed by atoms with Crippen molar-refractivity contribution in [1.29, 1.82) is 0 Å². The van der Waals surface area contributed by atoms with Gasteiger partial charge in [0.1, 0.15) is 0 Å². The van der Waals surface area contributed by atoms with Gasteiger partial charge in [-0.3, -0.25) is 10.1 Å². The van der Waals surface area contributed by atoms with Gasteiger partial charge in [0, 0.05) is 30.7 Å². The second-order valence-electron chi connectivity index (χ2n) is 5.70. The molecule has 0 amide bonds. The van der Waals surface area contributed by atoms with Gasteiger partial charge in [0.25, 0.3) is 0 Å². The van der Waals surface area contributed by atoms with E-state index in [2.05, 4.69) is 22.1 Å². The van der Waals surface area contributed by atoms with Gasteiger partial charge >= 0.3 is 0 Å². The van der Waals surface area contributed by atoms with Gasteiger partial charge in [0.2, 0.25) is 5.75 Å². The monoisotopic (exact) mass is 284 g/mol. The number of nitrogens with one attached hydrogen (secondary N) is 1. The molecule has 1 radical (unpaired) electrons. The molecule has 1 saturated heterocycles. The van der Waals surface area contributed by atoms with Crippen LogP contribution in [0.5, 0.6) is 5.75 Å². The molecule has 4 heteroatoms. The zero-order valence-corrected chi connectivity index (χ0v) is 12.5. The third kappa shape index (κ3) is 2.95. The maximum absolute atomic E-state index is 12.6. The van der Waals surface area contributed by atoms with Gasteiger partial charge in [-0.05, 0) is 50.1 Å². The lowest BCUT2D eigenvalue weighted by molar-refractivity contribution is 0.356. The molecule has 0 saturated carbocycles. The van der Waals surface area contributed by atoms with E-state index in [0.717, 1.165) is 49.1 Å². The average Bonchev–Trinajstić information content (AvgIpc) is 2.54. The highest BCUT2D eigenvalue weighted by Gasteiger charge is 2.22. The summed E-state index contributed by atoms with van der Waals surface area (Å²) in [5, 5.41) is 16.9. The van der Waals surface area contributed by atoms with Crippen molar-refractivity contribution >= 4 is 16.6 Å². The van der Waals surface area contributed by atoms with Gasteiger partial charge in [-0.1, -0.05) is 6.92 Å². The molecule has 2 heterocycles. The molecule has 1 aromatic heterocycles. The number of fused-ring (bicyclic) bond motifs is 1. The van der Waals surface area contributed by atoms with Crippen LogP contribution in [0.4, 0.5) is 5.69 Å². The Hall–Kier alpha value is -1.81. The van der Waals surface area contributed by atoms with Crippen LogP contribution in [-0.2, 0) is 5.11 Å². The first-order valence-electron chi connectivity index (χ1n) is 7.82. The third-order valence-electron chi connectivity index (χ3n) is 4.23. The number of aromatic nitrogens is 1. The van der Waals surface area contributed by atoms with E-state index in [-0.39, 0.29) is 5.75 Å². The van der Waals surface area contributed by atoms with Gasteiger partial charge in [0.05, 0.1) is 11.2 Å². The molecule has 2 aromatic rings. The van der Waals surface area contributed by atoms with Crippen molar-refractivity contribution in [3.05, 3.63) is 30.5 Å². The molecule has 0 aliphatic carbocycles. The largest absolute Gasteiger partial charge is 0.368 e. The smallest absolute Gasteiger partial charge is 0.211 e. The van der Waals surface area contributed by atoms with E-state index >= 15 is 0 Å². The molecule has 1 N–H and O–H groups in total. The van der Waals surface area contributed by atoms with E-state index in [9.17, 15) is 5.11 Å². The minimum Gasteiger partial charge on any atom is -0.368 e. The van der Waals surface area contributed by atoms with Crippen LogP contribution in [0.2, 0.25) is 0 Å². The van der Waals surface area contributed by atoms with Crippen molar-refractivity contribution < 1.29 is 5.11 Å². The third-order valence-corrected chi connectivity index (χ3v) is 4.23. The predicted molar refractivity (Wildman–Crippen MR) is 85.4 cm³/mol. The number of hydrogen-bond acceptors (Lipinski definition) is 3. The molecule has 1 aliphatic heterocycles. The molecule has 1 fully saturated rings. The van der Waals surface area contributed by atoms with Crippen LogP contribution in [0.3, 0.4) is 0 Å². The van der Waals surface area contributed by atoms with Crippen molar-refractivity contribution in [2.45, 2.75) is 32.2 Å². The van der Waals surface area contributed by atoms with Crippen molar-refractivity contribution in [2.24, 2.45) is 0 Å². The first kappa shape index (κ1) is 14.1. The molecule has 0 unspecified atom stereocenters. The minimum atomic E-state index is 0.112. The van der Waals surface area contributed by atoms with E-state index in [1.165, 1.54) is 6.42 Å². The Bertz CT molecular complexity index is 606. The average molecular weight is 284 g/mol. The van der Waals surface area contributed by atoms with Crippen LogP contribution in [0.15, 0.2) is 30.5 Å². The summed E-state index contributed by atoms with van der Waals surface area (Å²) in [4.78, 5) is 6.47. The van der Waals surface area contributed by atoms with Crippen molar-refractivity contribution in [3.63, 3.8) is 0 Å². The summed E-state index contributed by atoms with van der Waals surface area (Å²) in [5.41, 5.74) is 1.61. The lowest BCUT2D eigenvalue weighted by Crippen LogP contribution is -2.42. The van der Waals surface area contributed by atoms with Gasteiger partial charge in [-0.25, -0.2) is 0 Å². The summed E-state index contributed by atoms with van der Waals surface area (Å²) in [7, 11) is 0. The van der Waals surface area contributed by atoms with E-state index in [1.807, 2.05) is 24.3 Å². The Labute approximate surface area is 125 Å². The number of piperidine rings is 1. The number of pyridine rings is 1. The Balaban J connectivity index is 1.75. The van der Waals surface area contributed by atoms with Gasteiger partial charge < -0.3 is 10.2 Å². The summed E-state index contributed by atoms with van der Waals surface area (Å²) in [6.07, 6.45) is 5.10. The maximum atomic E-state index is 12.6. The second-order valence-corrected chi connectivity index (χ2v) is 5.70. The zero-order chi connectivity index (χ0) is 14.7. The Kier molecular flexibility index (Phi) is 4.25. The normalized spacial score (nSPS) is 16.5. The molecule has 1 aromatic carbocycles. The highest BCUT2D eigenvalue weighted by Crippen LogP contribution is 2.36. The first-order valence-corrected chi connectivity index (χ1v) is 7.82. The quantitative estimate of drug-likeness (QED) is 0.936. The van der Waals surface area contributed by atoms with Gasteiger partial charge in [-0.15, -0.1) is 0 Å². The van der Waals surface area contributed by atoms with Crippen molar-refractivity contribution in [2.75, 3.05) is 24.5 Å². The van der Waals surface area contributed by atoms with Crippen LogP contribution in [-0.4, -0.2) is 30.7 Å². The molecule has 3 rings (SSSR count). The number of anilines is 1. The Morgan fingerprint density at radius 3 is 2.86 bits per heavy atom. The van der Waals surface area contributed by atoms with Crippen LogP contribution in [0.25, 0.3) is 10.9 Å². The van der Waals surface area contributed by atoms with E-state index in [1.54, 1.807) is 6.20 Å². The summed E-state index contributed by atoms with van der Waals surface area (Å²) >= 11 is 0. The maximum Gasteiger partial charge on any atom is 0.211 e. The van der Waals surface area contributed by atoms with Crippen LogP contribution >= 0.6 is 0 Å². The summed E-state index contributed by atoms with van der Waals surface area (Å²) in [6, 6.07) is 8.17. The van der Waals surface area contributed by atoms with Crippen LogP contribution in [0.1, 0.15) is 26.2 Å². The fraction of sp³-hybridized carbons (Fsp3) is 0.471. The minimum absolute atomic E-state index is 0.112. The number of rotatable bonds is 4. The lowest BCUT2D eigenvalue weighted by Gasteiger charge is -2.34. The molecule has 111 valence electrons. The highest BCUT2D eigenvalue weighted by molar-refractivity contribution is 5.90. The summed E-state index contributed by atoms with van der Waals surface area (Å²) < 4.78 is 0. The topological polar surface area (TPSA) is 48.1 Å². The molecule has 21 heavy (non-hydrogen) atoms. The summed E-state index contributed by atoms with van der Waals surface area (Å²) in [5.74, 6) is 0.112. The Morgan fingerprint density at radius 1 is 1.29 bits per heavy atom. The van der Waals surface area contributed by atoms with Crippen molar-refractivity contribution in [3.8, 4) is 5.75 Å². The molecular weight excluding hydrogens is 262 g/mol. The number of hydrogen-bond donors (Lipinski definition) is 1. The van der Waals surface area contributed by atoms with Gasteiger partial charge in [-0.2, -0.15) is 0 Å². The molecule has 0 bridgehead atoms. The lowest BCUT2D eigenvalue weighted by atomic mass is 10.0. The van der Waals surface area contributed by atoms with Crippen LogP contribution in [0, 0.1) is 0 Å². The van der Waals surface area contributed by atoms with Gasteiger partial charge in [0.15, 0.2) is 0 Å². The van der Waals surface area contributed by atoms with E-state index in [4.69, 9.17) is 0 Å². The Morgan fingerprint density at radius 2 is 2.10 bits per heavy atom. The zero-order valence-electron chi connectivity index (χ0n) is 12.5. The number of benzene rings is 1. The predicted octanol–water partition coefficient (Wildman–Crippen LogP) is 3.35. The molecule has 0 spiro atoms. The van der Waals surface area contributed by atoms with E-state index < -0.39 is 0 Å². The molecule has 4 nitrogen and oxygen atoms in total. The van der Waals surface area contributed by atoms with E-state index in [0.29, 0.717) is 6.04 Å². The number of nitrogens with zero attached hydrogens (tertiary/aromatic N) is 2. The standard InChI is InChI=1S/C17H22N3O/c1-2-9-18-13-7-11-20(12-8-13)16-6-5-15-14(17(16)21)4-3-10-19-15/h3-6,10,13,18H,2,7-9,11-12H2,1H3. The fourth-order valence-corrected chi connectivity index (χ4v) is 3.04. The molecule has 1 aliphatic rings. The highest BCUT2D eigenvalue weighted by atomic mass is 16.3. The molecular formula is C17H22N3O.